The standard InChI is InChI=1S/C6H7NO/c1-2-5-3-4-7-6(5)8/h2,4-5H,1,3H2. The van der Waals surface area contributed by atoms with Gasteiger partial charge in [0.05, 0.1) is 5.92 Å². The normalized spacial score (nSPS) is 26.5. The van der Waals surface area contributed by atoms with Crippen molar-refractivity contribution in [1.29, 1.82) is 0 Å². The van der Waals surface area contributed by atoms with Gasteiger partial charge in [-0.2, -0.15) is 0 Å². The third kappa shape index (κ3) is 0.689. The van der Waals surface area contributed by atoms with Crippen LogP contribution in [0.5, 0.6) is 0 Å². The van der Waals surface area contributed by atoms with Crippen molar-refractivity contribution in [3.05, 3.63) is 12.7 Å². The lowest BCUT2D eigenvalue weighted by molar-refractivity contribution is -0.119. The van der Waals surface area contributed by atoms with E-state index >= 15 is 0 Å². The molecule has 1 aliphatic heterocycles. The van der Waals surface area contributed by atoms with Crippen molar-refractivity contribution in [3.8, 4) is 0 Å². The SMILES string of the molecule is C=CC1CC=NC1=O. The van der Waals surface area contributed by atoms with Crippen molar-refractivity contribution in [3.63, 3.8) is 0 Å². The van der Waals surface area contributed by atoms with E-state index in [1.807, 2.05) is 0 Å². The molecule has 0 bridgehead atoms. The van der Waals surface area contributed by atoms with Crippen molar-refractivity contribution in [1.82, 2.24) is 0 Å². The van der Waals surface area contributed by atoms with Gasteiger partial charge in [-0.1, -0.05) is 6.08 Å². The Morgan fingerprint density at radius 1 is 2.00 bits per heavy atom. The quantitative estimate of drug-likeness (QED) is 0.458. The summed E-state index contributed by atoms with van der Waals surface area (Å²) < 4.78 is 0. The number of nitrogens with zero attached hydrogens (tertiary/aromatic N) is 1. The van der Waals surface area contributed by atoms with E-state index in [4.69, 9.17) is 0 Å². The van der Waals surface area contributed by atoms with E-state index in [9.17, 15) is 4.79 Å². The van der Waals surface area contributed by atoms with E-state index in [0.717, 1.165) is 6.42 Å². The van der Waals surface area contributed by atoms with Crippen LogP contribution in [0.1, 0.15) is 6.42 Å². The van der Waals surface area contributed by atoms with Crippen LogP contribution < -0.4 is 0 Å². The lowest BCUT2D eigenvalue weighted by Gasteiger charge is -1.92. The molecular formula is C6H7NO. The Labute approximate surface area is 47.9 Å². The Morgan fingerprint density at radius 2 is 2.75 bits per heavy atom. The summed E-state index contributed by atoms with van der Waals surface area (Å²) in [5.41, 5.74) is 0. The van der Waals surface area contributed by atoms with Crippen molar-refractivity contribution in [2.75, 3.05) is 0 Å². The molecule has 1 aliphatic rings. The van der Waals surface area contributed by atoms with Gasteiger partial charge in [0.25, 0.3) is 5.91 Å². The molecule has 1 heterocycles. The lowest BCUT2D eigenvalue weighted by atomic mass is 10.1. The highest BCUT2D eigenvalue weighted by Gasteiger charge is 2.16. The molecule has 8 heavy (non-hydrogen) atoms. The second kappa shape index (κ2) is 1.90. The summed E-state index contributed by atoms with van der Waals surface area (Å²) in [6.07, 6.45) is 4.01. The maximum Gasteiger partial charge on any atom is 0.252 e. The summed E-state index contributed by atoms with van der Waals surface area (Å²) in [7, 11) is 0. The first-order chi connectivity index (χ1) is 3.84. The molecule has 0 aromatic heterocycles. The Kier molecular flexibility index (Phi) is 1.24. The summed E-state index contributed by atoms with van der Waals surface area (Å²) >= 11 is 0. The maximum atomic E-state index is 10.5. The molecule has 2 heteroatoms. The Balaban J connectivity index is 2.63. The van der Waals surface area contributed by atoms with E-state index in [0.29, 0.717) is 0 Å². The maximum absolute atomic E-state index is 10.5. The fourth-order valence-electron chi connectivity index (χ4n) is 0.650. The molecule has 0 aromatic rings. The molecule has 0 aromatic carbocycles. The average molecular weight is 109 g/mol. The van der Waals surface area contributed by atoms with E-state index in [1.54, 1.807) is 12.3 Å². The number of hydrogen-bond donors (Lipinski definition) is 0. The van der Waals surface area contributed by atoms with Gasteiger partial charge < -0.3 is 0 Å². The predicted octanol–water partition coefficient (Wildman–Crippen LogP) is 0.790. The number of amides is 1. The largest absolute Gasteiger partial charge is 0.272 e. The predicted molar refractivity (Wildman–Crippen MR) is 31.8 cm³/mol. The molecule has 1 amide bonds. The lowest BCUT2D eigenvalue weighted by Crippen LogP contribution is -2.00. The Hall–Kier alpha value is -0.920. The van der Waals surface area contributed by atoms with Gasteiger partial charge in [0.15, 0.2) is 0 Å². The first kappa shape index (κ1) is 5.22. The van der Waals surface area contributed by atoms with E-state index in [1.165, 1.54) is 0 Å². The first-order valence-corrected chi connectivity index (χ1v) is 2.53. The minimum Gasteiger partial charge on any atom is -0.272 e. The summed E-state index contributed by atoms with van der Waals surface area (Å²) in [5, 5.41) is 0. The molecule has 0 N–H and O–H groups in total. The van der Waals surface area contributed by atoms with Crippen molar-refractivity contribution in [2.45, 2.75) is 6.42 Å². The highest BCUT2D eigenvalue weighted by molar-refractivity contribution is 5.94. The van der Waals surface area contributed by atoms with Crippen LogP contribution in [0.15, 0.2) is 17.6 Å². The second-order valence-corrected chi connectivity index (χ2v) is 1.73. The van der Waals surface area contributed by atoms with E-state index in [2.05, 4.69) is 11.6 Å². The van der Waals surface area contributed by atoms with Crippen LogP contribution in [0.2, 0.25) is 0 Å². The van der Waals surface area contributed by atoms with Gasteiger partial charge >= 0.3 is 0 Å². The third-order valence-corrected chi connectivity index (χ3v) is 1.18. The zero-order chi connectivity index (χ0) is 5.98. The van der Waals surface area contributed by atoms with Crippen LogP contribution >= 0.6 is 0 Å². The zero-order valence-electron chi connectivity index (χ0n) is 4.50. The Morgan fingerprint density at radius 3 is 3.00 bits per heavy atom. The van der Waals surface area contributed by atoms with Gasteiger partial charge in [0.1, 0.15) is 0 Å². The molecule has 0 fully saturated rings. The van der Waals surface area contributed by atoms with Crippen LogP contribution in [0.25, 0.3) is 0 Å². The van der Waals surface area contributed by atoms with E-state index < -0.39 is 0 Å². The van der Waals surface area contributed by atoms with Gasteiger partial charge in [-0.3, -0.25) is 4.79 Å². The van der Waals surface area contributed by atoms with Crippen molar-refractivity contribution >= 4 is 12.1 Å². The Bertz CT molecular complexity index is 149. The molecule has 1 atom stereocenters. The van der Waals surface area contributed by atoms with Gasteiger partial charge in [-0.05, 0) is 6.42 Å². The fraction of sp³-hybridized carbons (Fsp3) is 0.333. The molecule has 0 saturated heterocycles. The third-order valence-electron chi connectivity index (χ3n) is 1.18. The van der Waals surface area contributed by atoms with Gasteiger partial charge in [-0.15, -0.1) is 6.58 Å². The van der Waals surface area contributed by atoms with Crippen molar-refractivity contribution in [2.24, 2.45) is 10.9 Å². The number of carbonyl (C=O) groups is 1. The second-order valence-electron chi connectivity index (χ2n) is 1.73. The smallest absolute Gasteiger partial charge is 0.252 e. The summed E-state index contributed by atoms with van der Waals surface area (Å²) in [6, 6.07) is 0. The average Bonchev–Trinajstić information content (AvgIpc) is 2.14. The molecule has 0 aliphatic carbocycles. The minimum atomic E-state index is -0.0556. The van der Waals surface area contributed by atoms with Crippen molar-refractivity contribution < 1.29 is 4.79 Å². The van der Waals surface area contributed by atoms with Gasteiger partial charge in [0, 0.05) is 6.21 Å². The van der Waals surface area contributed by atoms with E-state index in [-0.39, 0.29) is 11.8 Å². The molecule has 0 radical (unpaired) electrons. The van der Waals surface area contributed by atoms with Gasteiger partial charge in [-0.25, -0.2) is 4.99 Å². The van der Waals surface area contributed by atoms with Crippen LogP contribution in [0.4, 0.5) is 0 Å². The number of rotatable bonds is 1. The summed E-state index contributed by atoms with van der Waals surface area (Å²) in [6.45, 7) is 3.49. The summed E-state index contributed by atoms with van der Waals surface area (Å²) in [5.74, 6) is -0.0880. The molecular weight excluding hydrogens is 102 g/mol. The fourth-order valence-corrected chi connectivity index (χ4v) is 0.650. The van der Waals surface area contributed by atoms with Crippen LogP contribution in [-0.2, 0) is 4.79 Å². The highest BCUT2D eigenvalue weighted by atomic mass is 16.1. The number of carbonyl (C=O) groups excluding carboxylic acids is 1. The van der Waals surface area contributed by atoms with Crippen LogP contribution in [-0.4, -0.2) is 12.1 Å². The molecule has 0 spiro atoms. The molecule has 1 unspecified atom stereocenters. The van der Waals surface area contributed by atoms with Gasteiger partial charge in [0.2, 0.25) is 0 Å². The highest BCUT2D eigenvalue weighted by Crippen LogP contribution is 2.09. The number of aliphatic imine (C=N–C) groups is 1. The monoisotopic (exact) mass is 109 g/mol. The molecule has 0 saturated carbocycles. The summed E-state index contributed by atoms with van der Waals surface area (Å²) in [4.78, 5) is 14.1. The van der Waals surface area contributed by atoms with Crippen LogP contribution in [0, 0.1) is 5.92 Å². The first-order valence-electron chi connectivity index (χ1n) is 2.53. The minimum absolute atomic E-state index is 0.0324. The molecule has 2 nitrogen and oxygen atoms in total. The topological polar surface area (TPSA) is 29.4 Å². The molecule has 1 rings (SSSR count). The zero-order valence-corrected chi connectivity index (χ0v) is 4.50. The number of hydrogen-bond acceptors (Lipinski definition) is 1. The van der Waals surface area contributed by atoms with Crippen LogP contribution in [0.3, 0.4) is 0 Å². The molecule has 42 valence electrons.